The van der Waals surface area contributed by atoms with E-state index in [2.05, 4.69) is 4.98 Å². The molecule has 2 nitrogen and oxygen atoms in total. The molecule has 0 aliphatic carbocycles. The largest absolute Gasteiger partial charge is 0.325 e. The molecule has 2 aromatic rings. The van der Waals surface area contributed by atoms with E-state index < -0.39 is 11.6 Å². The topological polar surface area (TPSA) is 38.9 Å². The van der Waals surface area contributed by atoms with Gasteiger partial charge in [0, 0.05) is 17.0 Å². The first-order valence-corrected chi connectivity index (χ1v) is 5.55. The predicted octanol–water partition coefficient (Wildman–Crippen LogP) is 2.86. The molecular weight excluding hydrogens is 230 g/mol. The van der Waals surface area contributed by atoms with Crippen molar-refractivity contribution in [3.8, 4) is 11.3 Å². The Morgan fingerprint density at radius 1 is 1.38 bits per heavy atom. The zero-order chi connectivity index (χ0) is 11.7. The van der Waals surface area contributed by atoms with Gasteiger partial charge in [0.15, 0.2) is 0 Å². The van der Waals surface area contributed by atoms with Crippen molar-refractivity contribution in [3.05, 3.63) is 39.7 Å². The SMILES string of the molecule is Cc1sc(CN)nc1-c1cc(F)ccc1F. The van der Waals surface area contributed by atoms with Gasteiger partial charge in [-0.15, -0.1) is 11.3 Å². The van der Waals surface area contributed by atoms with E-state index in [9.17, 15) is 8.78 Å². The van der Waals surface area contributed by atoms with Crippen molar-refractivity contribution >= 4 is 11.3 Å². The van der Waals surface area contributed by atoms with Gasteiger partial charge in [0.25, 0.3) is 0 Å². The van der Waals surface area contributed by atoms with Gasteiger partial charge >= 0.3 is 0 Å². The van der Waals surface area contributed by atoms with E-state index in [1.165, 1.54) is 11.3 Å². The minimum Gasteiger partial charge on any atom is -0.325 e. The summed E-state index contributed by atoms with van der Waals surface area (Å²) in [6, 6.07) is 3.34. The lowest BCUT2D eigenvalue weighted by atomic mass is 10.1. The van der Waals surface area contributed by atoms with Crippen LogP contribution in [0.25, 0.3) is 11.3 Å². The zero-order valence-corrected chi connectivity index (χ0v) is 9.44. The molecule has 0 fully saturated rings. The minimum absolute atomic E-state index is 0.188. The number of thiazole rings is 1. The quantitative estimate of drug-likeness (QED) is 0.876. The normalized spacial score (nSPS) is 10.8. The fourth-order valence-corrected chi connectivity index (χ4v) is 2.29. The second kappa shape index (κ2) is 4.27. The van der Waals surface area contributed by atoms with E-state index >= 15 is 0 Å². The van der Waals surface area contributed by atoms with Crippen molar-refractivity contribution in [2.75, 3.05) is 0 Å². The maximum Gasteiger partial charge on any atom is 0.132 e. The number of hydrogen-bond donors (Lipinski definition) is 1. The molecule has 0 saturated heterocycles. The number of benzene rings is 1. The summed E-state index contributed by atoms with van der Waals surface area (Å²) in [7, 11) is 0. The zero-order valence-electron chi connectivity index (χ0n) is 8.63. The smallest absolute Gasteiger partial charge is 0.132 e. The van der Waals surface area contributed by atoms with Gasteiger partial charge in [-0.2, -0.15) is 0 Å². The molecule has 0 aliphatic heterocycles. The highest BCUT2D eigenvalue weighted by Crippen LogP contribution is 2.29. The van der Waals surface area contributed by atoms with E-state index in [4.69, 9.17) is 5.73 Å². The molecule has 5 heteroatoms. The molecule has 0 unspecified atom stereocenters. The molecule has 16 heavy (non-hydrogen) atoms. The number of rotatable bonds is 2. The maximum absolute atomic E-state index is 13.5. The van der Waals surface area contributed by atoms with Gasteiger partial charge in [-0.3, -0.25) is 0 Å². The first-order valence-electron chi connectivity index (χ1n) is 4.73. The third kappa shape index (κ3) is 1.96. The predicted molar refractivity (Wildman–Crippen MR) is 60.1 cm³/mol. The third-order valence-corrected chi connectivity index (χ3v) is 3.19. The number of nitrogens with zero attached hydrogens (tertiary/aromatic N) is 1. The molecule has 1 heterocycles. The Labute approximate surface area is 95.7 Å². The molecule has 0 radical (unpaired) electrons. The van der Waals surface area contributed by atoms with E-state index in [1.54, 1.807) is 0 Å². The molecule has 1 aromatic carbocycles. The van der Waals surface area contributed by atoms with Crippen molar-refractivity contribution < 1.29 is 8.78 Å². The van der Waals surface area contributed by atoms with E-state index in [-0.39, 0.29) is 5.56 Å². The van der Waals surface area contributed by atoms with Crippen LogP contribution in [0.15, 0.2) is 18.2 Å². The summed E-state index contributed by atoms with van der Waals surface area (Å²) in [5, 5.41) is 0.719. The second-order valence-electron chi connectivity index (χ2n) is 3.34. The Morgan fingerprint density at radius 3 is 2.75 bits per heavy atom. The number of halogens is 2. The third-order valence-electron chi connectivity index (χ3n) is 2.20. The standard InChI is InChI=1S/C11H10F2N2S/c1-6-11(15-10(5-14)16-6)8-4-7(12)2-3-9(8)13/h2-4H,5,14H2,1H3. The van der Waals surface area contributed by atoms with Crippen molar-refractivity contribution in [1.82, 2.24) is 4.98 Å². The lowest BCUT2D eigenvalue weighted by Crippen LogP contribution is -1.95. The van der Waals surface area contributed by atoms with Crippen LogP contribution in [-0.4, -0.2) is 4.98 Å². The summed E-state index contributed by atoms with van der Waals surface area (Å²) in [4.78, 5) is 5.03. The van der Waals surface area contributed by atoms with Gasteiger partial charge in [-0.05, 0) is 25.1 Å². The molecular formula is C11H10F2N2S. The first kappa shape index (κ1) is 11.2. The van der Waals surface area contributed by atoms with Crippen LogP contribution in [0.2, 0.25) is 0 Å². The lowest BCUT2D eigenvalue weighted by molar-refractivity contribution is 0.602. The Morgan fingerprint density at radius 2 is 2.12 bits per heavy atom. The van der Waals surface area contributed by atoms with Crippen LogP contribution in [-0.2, 0) is 6.54 Å². The van der Waals surface area contributed by atoms with Gasteiger partial charge in [0.2, 0.25) is 0 Å². The van der Waals surface area contributed by atoms with Crippen molar-refractivity contribution in [3.63, 3.8) is 0 Å². The second-order valence-corrected chi connectivity index (χ2v) is 4.63. The average molecular weight is 240 g/mol. The lowest BCUT2D eigenvalue weighted by Gasteiger charge is -2.00. The van der Waals surface area contributed by atoms with Crippen LogP contribution in [0.3, 0.4) is 0 Å². The molecule has 1 aromatic heterocycles. The fourth-order valence-electron chi connectivity index (χ4n) is 1.47. The van der Waals surface area contributed by atoms with Crippen LogP contribution in [0.5, 0.6) is 0 Å². The molecule has 2 N–H and O–H groups in total. The fraction of sp³-hybridized carbons (Fsp3) is 0.182. The van der Waals surface area contributed by atoms with Gasteiger partial charge in [-0.1, -0.05) is 0 Å². The van der Waals surface area contributed by atoms with Crippen LogP contribution in [0.4, 0.5) is 8.78 Å². The Kier molecular flexibility index (Phi) is 2.98. The highest BCUT2D eigenvalue weighted by molar-refractivity contribution is 7.12. The summed E-state index contributed by atoms with van der Waals surface area (Å²) in [5.41, 5.74) is 6.12. The first-order chi connectivity index (χ1) is 7.61. The molecule has 0 amide bonds. The van der Waals surface area contributed by atoms with Gasteiger partial charge in [-0.25, -0.2) is 13.8 Å². The van der Waals surface area contributed by atoms with Crippen LogP contribution >= 0.6 is 11.3 Å². The molecule has 0 saturated carbocycles. The Balaban J connectivity index is 2.57. The van der Waals surface area contributed by atoms with Crippen molar-refractivity contribution in [1.29, 1.82) is 0 Å². The van der Waals surface area contributed by atoms with E-state index in [0.717, 1.165) is 28.1 Å². The molecule has 0 bridgehead atoms. The van der Waals surface area contributed by atoms with Gasteiger partial charge < -0.3 is 5.73 Å². The van der Waals surface area contributed by atoms with Crippen molar-refractivity contribution in [2.24, 2.45) is 5.73 Å². The number of aromatic nitrogens is 1. The Hall–Kier alpha value is -1.33. The summed E-state index contributed by atoms with van der Waals surface area (Å²) in [6.07, 6.45) is 0. The molecule has 2 rings (SSSR count). The van der Waals surface area contributed by atoms with Crippen LogP contribution < -0.4 is 5.73 Å². The van der Waals surface area contributed by atoms with Crippen molar-refractivity contribution in [2.45, 2.75) is 13.5 Å². The number of nitrogens with two attached hydrogens (primary N) is 1. The van der Waals surface area contributed by atoms with Gasteiger partial charge in [0.05, 0.1) is 5.69 Å². The van der Waals surface area contributed by atoms with E-state index in [0.29, 0.717) is 12.2 Å². The molecule has 84 valence electrons. The van der Waals surface area contributed by atoms with Crippen LogP contribution in [0, 0.1) is 18.6 Å². The molecule has 0 atom stereocenters. The summed E-state index contributed by atoms with van der Waals surface area (Å²) in [6.45, 7) is 2.12. The average Bonchev–Trinajstić information content (AvgIpc) is 2.63. The summed E-state index contributed by atoms with van der Waals surface area (Å²) >= 11 is 1.40. The van der Waals surface area contributed by atoms with Crippen LogP contribution in [0.1, 0.15) is 9.88 Å². The highest BCUT2D eigenvalue weighted by Gasteiger charge is 2.13. The van der Waals surface area contributed by atoms with Gasteiger partial charge in [0.1, 0.15) is 16.6 Å². The monoisotopic (exact) mass is 240 g/mol. The van der Waals surface area contributed by atoms with E-state index in [1.807, 2.05) is 6.92 Å². The Bertz CT molecular complexity index is 523. The molecule has 0 aliphatic rings. The molecule has 0 spiro atoms. The summed E-state index contributed by atoms with van der Waals surface area (Å²) < 4.78 is 26.6. The summed E-state index contributed by atoms with van der Waals surface area (Å²) in [5.74, 6) is -0.948. The minimum atomic E-state index is -0.474. The number of hydrogen-bond acceptors (Lipinski definition) is 3. The highest BCUT2D eigenvalue weighted by atomic mass is 32.1. The maximum atomic E-state index is 13.5. The number of aryl methyl sites for hydroxylation is 1.